The highest BCUT2D eigenvalue weighted by atomic mass is 79.9. The number of rotatable bonds is 5. The Morgan fingerprint density at radius 2 is 1.93 bits per heavy atom. The van der Waals surface area contributed by atoms with Crippen LogP contribution in [0.1, 0.15) is 41.4 Å². The minimum absolute atomic E-state index is 0.0243. The van der Waals surface area contributed by atoms with E-state index in [0.29, 0.717) is 35.1 Å². The molecular formula is C26H19BrClF5N4O3. The zero-order valence-corrected chi connectivity index (χ0v) is 22.6. The lowest BCUT2D eigenvalue weighted by Crippen LogP contribution is -2.19. The number of ether oxygens (including phenoxy) is 2. The molecular weight excluding hydrogens is 627 g/mol. The number of nitrogens with two attached hydrogens (primary N) is 1. The van der Waals surface area contributed by atoms with Crippen molar-refractivity contribution in [3.8, 4) is 11.5 Å². The van der Waals surface area contributed by atoms with Crippen molar-refractivity contribution in [3.63, 3.8) is 0 Å². The van der Waals surface area contributed by atoms with Gasteiger partial charge in [0.25, 0.3) is 5.91 Å². The molecule has 0 saturated carbocycles. The molecule has 2 heterocycles. The van der Waals surface area contributed by atoms with Crippen LogP contribution in [0.3, 0.4) is 0 Å². The minimum atomic E-state index is -4.88. The highest BCUT2D eigenvalue weighted by Gasteiger charge is 2.32. The summed E-state index contributed by atoms with van der Waals surface area (Å²) in [7, 11) is 0. The van der Waals surface area contributed by atoms with Crippen LogP contribution in [-0.2, 0) is 10.9 Å². The molecule has 3 N–H and O–H groups in total. The number of alkyl halides is 3. The summed E-state index contributed by atoms with van der Waals surface area (Å²) in [5.41, 5.74) is 4.69. The van der Waals surface area contributed by atoms with Gasteiger partial charge in [-0.1, -0.05) is 11.6 Å². The Balaban J connectivity index is 1.65. The van der Waals surface area contributed by atoms with E-state index >= 15 is 0 Å². The van der Waals surface area contributed by atoms with Gasteiger partial charge >= 0.3 is 6.18 Å². The number of hydrogen-bond acceptors (Lipinski definition) is 5. The summed E-state index contributed by atoms with van der Waals surface area (Å²) < 4.78 is 81.6. The second kappa shape index (κ2) is 10.9. The molecule has 1 saturated heterocycles. The van der Waals surface area contributed by atoms with Crippen molar-refractivity contribution in [2.75, 3.05) is 17.7 Å². The molecule has 1 aliphatic heterocycles. The summed E-state index contributed by atoms with van der Waals surface area (Å²) in [5, 5.41) is 7.07. The Bertz CT molecular complexity index is 1620. The Labute approximate surface area is 237 Å². The molecule has 210 valence electrons. The zero-order chi connectivity index (χ0) is 28.8. The number of nitrogens with zero attached hydrogens (tertiary/aromatic N) is 2. The van der Waals surface area contributed by atoms with E-state index < -0.39 is 41.1 Å². The van der Waals surface area contributed by atoms with Crippen LogP contribution in [0.5, 0.6) is 11.5 Å². The van der Waals surface area contributed by atoms with E-state index in [4.69, 9.17) is 26.8 Å². The third-order valence-electron chi connectivity index (χ3n) is 6.18. The van der Waals surface area contributed by atoms with Gasteiger partial charge in [0.2, 0.25) is 0 Å². The van der Waals surface area contributed by atoms with Gasteiger partial charge in [0.15, 0.2) is 17.8 Å². The molecule has 1 unspecified atom stereocenters. The maximum atomic E-state index is 14.1. The zero-order valence-electron chi connectivity index (χ0n) is 20.3. The molecule has 0 aliphatic carbocycles. The first-order valence-corrected chi connectivity index (χ1v) is 13.0. The fourth-order valence-corrected chi connectivity index (χ4v) is 5.13. The van der Waals surface area contributed by atoms with E-state index in [1.165, 1.54) is 12.1 Å². The Morgan fingerprint density at radius 1 is 1.15 bits per heavy atom. The van der Waals surface area contributed by atoms with Crippen molar-refractivity contribution in [1.82, 2.24) is 9.78 Å². The molecule has 5 rings (SSSR count). The van der Waals surface area contributed by atoms with E-state index in [0.717, 1.165) is 25.0 Å². The number of carbonyl (C=O) groups excluding carboxylic acids is 1. The van der Waals surface area contributed by atoms with Gasteiger partial charge in [-0.3, -0.25) is 4.79 Å². The van der Waals surface area contributed by atoms with E-state index in [9.17, 15) is 26.7 Å². The van der Waals surface area contributed by atoms with Gasteiger partial charge in [-0.15, -0.1) is 0 Å². The Hall–Kier alpha value is -3.42. The highest BCUT2D eigenvalue weighted by Crippen LogP contribution is 2.46. The summed E-state index contributed by atoms with van der Waals surface area (Å²) in [4.78, 5) is 13.1. The average Bonchev–Trinajstić information content (AvgIpc) is 3.25. The fraction of sp³-hybridized carbons (Fsp3) is 0.231. The summed E-state index contributed by atoms with van der Waals surface area (Å²) in [5.74, 6) is -3.28. The van der Waals surface area contributed by atoms with Crippen molar-refractivity contribution in [3.05, 3.63) is 74.7 Å². The number of carbonyl (C=O) groups is 1. The normalized spacial score (nSPS) is 15.8. The molecule has 1 aromatic heterocycles. The summed E-state index contributed by atoms with van der Waals surface area (Å²) in [6.45, 7) is 0.507. The van der Waals surface area contributed by atoms with Gasteiger partial charge in [0.1, 0.15) is 17.4 Å². The molecule has 1 aliphatic rings. The Kier molecular flexibility index (Phi) is 7.64. The van der Waals surface area contributed by atoms with Gasteiger partial charge < -0.3 is 20.5 Å². The number of nitrogen functional groups attached to an aromatic ring is 1. The molecule has 1 fully saturated rings. The van der Waals surface area contributed by atoms with E-state index in [1.807, 2.05) is 0 Å². The van der Waals surface area contributed by atoms with Gasteiger partial charge in [-0.2, -0.15) is 18.3 Å². The lowest BCUT2D eigenvalue weighted by atomic mass is 10.1. The smallest absolute Gasteiger partial charge is 0.416 e. The number of halogens is 7. The summed E-state index contributed by atoms with van der Waals surface area (Å²) in [6, 6.07) is 6.25. The molecule has 3 aromatic carbocycles. The molecule has 40 heavy (non-hydrogen) atoms. The average molecular weight is 646 g/mol. The minimum Gasteiger partial charge on any atom is -0.453 e. The first-order chi connectivity index (χ1) is 18.9. The summed E-state index contributed by atoms with van der Waals surface area (Å²) in [6.07, 6.45) is -2.93. The highest BCUT2D eigenvalue weighted by molar-refractivity contribution is 9.10. The molecule has 0 radical (unpaired) electrons. The maximum absolute atomic E-state index is 14.1. The molecule has 1 amide bonds. The predicted molar refractivity (Wildman–Crippen MR) is 142 cm³/mol. The standard InChI is InChI=1S/C26H19BrClF5N4O3/c27-16-11-18(35-25(38)12-7-13(26(31,32)33)9-15(30)8-12)23(40-19-10-14(29)4-5-17(19)28)21-22(16)37(36-24(21)34)20-3-1-2-6-39-20/h4-5,7-11,20H,1-3,6H2,(H2,34,36)(H,35,38). The lowest BCUT2D eigenvalue weighted by molar-refractivity contribution is -0.137. The SMILES string of the molecule is Nc1nn(C2CCCCO2)c2c(Br)cc(NC(=O)c3cc(F)cc(C(F)(F)F)c3)c(Oc3cc(F)ccc3Cl)c12. The van der Waals surface area contributed by atoms with Gasteiger partial charge in [-0.05, 0) is 71.6 Å². The van der Waals surface area contributed by atoms with E-state index in [-0.39, 0.29) is 39.5 Å². The summed E-state index contributed by atoms with van der Waals surface area (Å²) >= 11 is 9.66. The van der Waals surface area contributed by atoms with Gasteiger partial charge in [0, 0.05) is 22.7 Å². The van der Waals surface area contributed by atoms with Crippen molar-refractivity contribution in [2.45, 2.75) is 31.7 Å². The number of nitrogens with one attached hydrogen (secondary N) is 1. The number of hydrogen-bond donors (Lipinski definition) is 2. The number of anilines is 2. The second-order valence-electron chi connectivity index (χ2n) is 8.97. The van der Waals surface area contributed by atoms with Crippen LogP contribution in [0, 0.1) is 11.6 Å². The monoisotopic (exact) mass is 644 g/mol. The van der Waals surface area contributed by atoms with Crippen LogP contribution in [0.25, 0.3) is 10.9 Å². The van der Waals surface area contributed by atoms with Crippen LogP contribution in [0.2, 0.25) is 5.02 Å². The molecule has 7 nitrogen and oxygen atoms in total. The van der Waals surface area contributed by atoms with E-state index in [2.05, 4.69) is 26.3 Å². The third-order valence-corrected chi connectivity index (χ3v) is 7.09. The number of fused-ring (bicyclic) bond motifs is 1. The van der Waals surface area contributed by atoms with Crippen LogP contribution >= 0.6 is 27.5 Å². The van der Waals surface area contributed by atoms with Crippen molar-refractivity contribution in [2.24, 2.45) is 0 Å². The van der Waals surface area contributed by atoms with Crippen molar-refractivity contribution in [1.29, 1.82) is 0 Å². The first kappa shape index (κ1) is 28.1. The lowest BCUT2D eigenvalue weighted by Gasteiger charge is -2.24. The Morgan fingerprint density at radius 3 is 2.62 bits per heavy atom. The molecule has 14 heteroatoms. The van der Waals surface area contributed by atoms with Gasteiger partial charge in [-0.25, -0.2) is 13.5 Å². The van der Waals surface area contributed by atoms with Crippen molar-refractivity contribution >= 4 is 55.8 Å². The molecule has 0 bridgehead atoms. The largest absolute Gasteiger partial charge is 0.453 e. The third kappa shape index (κ3) is 5.58. The second-order valence-corrected chi connectivity index (χ2v) is 10.2. The first-order valence-electron chi connectivity index (χ1n) is 11.9. The predicted octanol–water partition coefficient (Wildman–Crippen LogP) is 8.08. The van der Waals surface area contributed by atoms with Crippen LogP contribution in [-0.4, -0.2) is 22.3 Å². The van der Waals surface area contributed by atoms with Gasteiger partial charge in [0.05, 0.1) is 27.2 Å². The fourth-order valence-electron chi connectivity index (χ4n) is 4.37. The molecule has 4 aromatic rings. The molecule has 0 spiro atoms. The van der Waals surface area contributed by atoms with E-state index in [1.54, 1.807) is 4.68 Å². The topological polar surface area (TPSA) is 91.4 Å². The number of aromatic nitrogens is 2. The van der Waals surface area contributed by atoms with Crippen LogP contribution in [0.4, 0.5) is 33.5 Å². The van der Waals surface area contributed by atoms with Crippen LogP contribution < -0.4 is 15.8 Å². The van der Waals surface area contributed by atoms with Crippen LogP contribution in [0.15, 0.2) is 46.9 Å². The van der Waals surface area contributed by atoms with Crippen molar-refractivity contribution < 1.29 is 36.2 Å². The number of amides is 1. The number of benzene rings is 3. The quantitative estimate of drug-likeness (QED) is 0.214. The molecule has 1 atom stereocenters. The maximum Gasteiger partial charge on any atom is 0.416 e.